The lowest BCUT2D eigenvalue weighted by molar-refractivity contribution is 0.149. The summed E-state index contributed by atoms with van der Waals surface area (Å²) in [5, 5.41) is 14.1. The number of rotatable bonds is 6. The Kier molecular flexibility index (Phi) is 4.62. The van der Waals surface area contributed by atoms with Crippen LogP contribution in [0.4, 0.5) is 0 Å². The normalized spacial score (nSPS) is 17.1. The van der Waals surface area contributed by atoms with E-state index in [1.54, 1.807) is 12.4 Å². The Hall–Kier alpha value is -0.350. The van der Waals surface area contributed by atoms with E-state index in [2.05, 4.69) is 10.3 Å². The Morgan fingerprint density at radius 3 is 2.59 bits per heavy atom. The molecule has 2 N–H and O–H groups in total. The molecule has 17 heavy (non-hydrogen) atoms. The summed E-state index contributed by atoms with van der Waals surface area (Å²) < 4.78 is 0. The Morgan fingerprint density at radius 1 is 1.35 bits per heavy atom. The molecule has 1 fully saturated rings. The molecule has 0 aromatic carbocycles. The van der Waals surface area contributed by atoms with Gasteiger partial charge in [0.25, 0.3) is 0 Å². The summed E-state index contributed by atoms with van der Waals surface area (Å²) in [6.45, 7) is 1.40. The number of nitrogens with one attached hydrogen (secondary N) is 1. The molecule has 1 heterocycles. The first-order valence-corrected chi connectivity index (χ1v) is 6.60. The molecule has 0 amide bonds. The van der Waals surface area contributed by atoms with Crippen molar-refractivity contribution in [2.24, 2.45) is 5.92 Å². The number of nitrogens with zero attached hydrogens (tertiary/aromatic N) is 1. The highest BCUT2D eigenvalue weighted by Crippen LogP contribution is 2.32. The minimum absolute atomic E-state index is 0.210. The second kappa shape index (κ2) is 6.01. The SMILES string of the molecule is OC(CNCCc1c(Cl)cncc1Cl)C1CC1. The molecule has 94 valence electrons. The standard InChI is InChI=1S/C12H16Cl2N2O/c13-10-5-16-6-11(14)9(10)3-4-15-7-12(17)8-1-2-8/h5-6,8,12,15,17H,1-4,7H2. The molecule has 1 aromatic heterocycles. The van der Waals surface area contributed by atoms with Crippen LogP contribution in [0.5, 0.6) is 0 Å². The number of aliphatic hydroxyl groups is 1. The molecule has 3 nitrogen and oxygen atoms in total. The van der Waals surface area contributed by atoms with Gasteiger partial charge in [0.05, 0.1) is 16.1 Å². The molecule has 0 radical (unpaired) electrons. The monoisotopic (exact) mass is 274 g/mol. The summed E-state index contributed by atoms with van der Waals surface area (Å²) in [5.74, 6) is 0.510. The Bertz CT molecular complexity index is 363. The molecule has 1 aliphatic carbocycles. The lowest BCUT2D eigenvalue weighted by atomic mass is 10.2. The van der Waals surface area contributed by atoms with E-state index < -0.39 is 0 Å². The van der Waals surface area contributed by atoms with Crippen LogP contribution in [0.15, 0.2) is 12.4 Å². The van der Waals surface area contributed by atoms with Crippen LogP contribution >= 0.6 is 23.2 Å². The predicted molar refractivity (Wildman–Crippen MR) is 69.6 cm³/mol. The van der Waals surface area contributed by atoms with Gasteiger partial charge in [0, 0.05) is 18.9 Å². The molecule has 0 saturated heterocycles. The molecular weight excluding hydrogens is 259 g/mol. The fourth-order valence-corrected chi connectivity index (χ4v) is 2.34. The summed E-state index contributed by atoms with van der Waals surface area (Å²) in [6, 6.07) is 0. The number of aliphatic hydroxyl groups excluding tert-OH is 1. The third-order valence-electron chi connectivity index (χ3n) is 3.02. The second-order valence-electron chi connectivity index (χ2n) is 4.44. The minimum atomic E-state index is -0.210. The van der Waals surface area contributed by atoms with Gasteiger partial charge in [-0.05, 0) is 37.3 Å². The van der Waals surface area contributed by atoms with Crippen molar-refractivity contribution in [3.05, 3.63) is 28.0 Å². The highest BCUT2D eigenvalue weighted by molar-refractivity contribution is 6.35. The van der Waals surface area contributed by atoms with Gasteiger partial charge in [-0.3, -0.25) is 4.98 Å². The van der Waals surface area contributed by atoms with E-state index in [1.165, 1.54) is 0 Å². The zero-order chi connectivity index (χ0) is 12.3. The van der Waals surface area contributed by atoms with Crippen LogP contribution in [0.2, 0.25) is 10.0 Å². The summed E-state index contributed by atoms with van der Waals surface area (Å²) in [6.07, 6.45) is 6.05. The van der Waals surface area contributed by atoms with Crippen molar-refractivity contribution in [1.82, 2.24) is 10.3 Å². The van der Waals surface area contributed by atoms with Gasteiger partial charge in [0.2, 0.25) is 0 Å². The average molecular weight is 275 g/mol. The van der Waals surface area contributed by atoms with Crippen molar-refractivity contribution in [1.29, 1.82) is 0 Å². The smallest absolute Gasteiger partial charge is 0.0692 e. The van der Waals surface area contributed by atoms with Crippen LogP contribution in [0.25, 0.3) is 0 Å². The first-order chi connectivity index (χ1) is 8.18. The van der Waals surface area contributed by atoms with Gasteiger partial charge in [-0.2, -0.15) is 0 Å². The predicted octanol–water partition coefficient (Wildman–Crippen LogP) is 2.29. The van der Waals surface area contributed by atoms with Crippen molar-refractivity contribution < 1.29 is 5.11 Å². The number of pyridine rings is 1. The summed E-state index contributed by atoms with van der Waals surface area (Å²) in [7, 11) is 0. The number of hydrogen-bond donors (Lipinski definition) is 2. The first kappa shape index (κ1) is 13.1. The van der Waals surface area contributed by atoms with E-state index in [1.807, 2.05) is 0 Å². The highest BCUT2D eigenvalue weighted by Gasteiger charge is 2.28. The lowest BCUT2D eigenvalue weighted by Gasteiger charge is -2.11. The average Bonchev–Trinajstić information content (AvgIpc) is 3.11. The van der Waals surface area contributed by atoms with Gasteiger partial charge in [-0.25, -0.2) is 0 Å². The lowest BCUT2D eigenvalue weighted by Crippen LogP contribution is -2.29. The van der Waals surface area contributed by atoms with Crippen LogP contribution in [0, 0.1) is 5.92 Å². The summed E-state index contributed by atoms with van der Waals surface area (Å²) in [4.78, 5) is 3.91. The third kappa shape index (κ3) is 3.81. The van der Waals surface area contributed by atoms with Gasteiger partial charge in [0.1, 0.15) is 0 Å². The van der Waals surface area contributed by atoms with Gasteiger partial charge in [-0.15, -0.1) is 0 Å². The number of aromatic nitrogens is 1. The van der Waals surface area contributed by atoms with Crippen molar-refractivity contribution in [3.8, 4) is 0 Å². The highest BCUT2D eigenvalue weighted by atomic mass is 35.5. The van der Waals surface area contributed by atoms with E-state index in [0.29, 0.717) is 22.5 Å². The largest absolute Gasteiger partial charge is 0.392 e. The minimum Gasteiger partial charge on any atom is -0.392 e. The molecule has 1 unspecified atom stereocenters. The van der Waals surface area contributed by atoms with Crippen molar-refractivity contribution in [2.75, 3.05) is 13.1 Å². The molecule has 0 spiro atoms. The van der Waals surface area contributed by atoms with E-state index in [0.717, 1.165) is 31.4 Å². The molecule has 0 aliphatic heterocycles. The maximum absolute atomic E-state index is 9.67. The quantitative estimate of drug-likeness (QED) is 0.783. The molecule has 1 saturated carbocycles. The number of hydrogen-bond acceptors (Lipinski definition) is 3. The Morgan fingerprint density at radius 2 is 2.00 bits per heavy atom. The molecule has 1 atom stereocenters. The maximum atomic E-state index is 9.67. The van der Waals surface area contributed by atoms with Gasteiger partial charge >= 0.3 is 0 Å². The van der Waals surface area contributed by atoms with E-state index >= 15 is 0 Å². The fraction of sp³-hybridized carbons (Fsp3) is 0.583. The number of halogens is 2. The van der Waals surface area contributed by atoms with Crippen LogP contribution in [0.1, 0.15) is 18.4 Å². The molecule has 5 heteroatoms. The Labute approximate surface area is 111 Å². The second-order valence-corrected chi connectivity index (χ2v) is 5.26. The van der Waals surface area contributed by atoms with Gasteiger partial charge in [0.15, 0.2) is 0 Å². The Balaban J connectivity index is 1.74. The van der Waals surface area contributed by atoms with Crippen molar-refractivity contribution in [2.45, 2.75) is 25.4 Å². The molecule has 1 aromatic rings. The molecule has 0 bridgehead atoms. The zero-order valence-electron chi connectivity index (χ0n) is 9.50. The van der Waals surface area contributed by atoms with Crippen LogP contribution in [-0.2, 0) is 6.42 Å². The molecule has 1 aliphatic rings. The van der Waals surface area contributed by atoms with Crippen LogP contribution in [-0.4, -0.2) is 29.3 Å². The first-order valence-electron chi connectivity index (χ1n) is 5.85. The molecule has 2 rings (SSSR count). The van der Waals surface area contributed by atoms with Gasteiger partial charge in [-0.1, -0.05) is 23.2 Å². The summed E-state index contributed by atoms with van der Waals surface area (Å²) in [5.41, 5.74) is 0.914. The van der Waals surface area contributed by atoms with E-state index in [4.69, 9.17) is 23.2 Å². The summed E-state index contributed by atoms with van der Waals surface area (Å²) >= 11 is 12.0. The fourth-order valence-electron chi connectivity index (χ4n) is 1.79. The van der Waals surface area contributed by atoms with Crippen LogP contribution in [0.3, 0.4) is 0 Å². The zero-order valence-corrected chi connectivity index (χ0v) is 11.0. The van der Waals surface area contributed by atoms with Crippen molar-refractivity contribution in [3.63, 3.8) is 0 Å². The molecular formula is C12H16Cl2N2O. The van der Waals surface area contributed by atoms with E-state index in [9.17, 15) is 5.11 Å². The van der Waals surface area contributed by atoms with Crippen LogP contribution < -0.4 is 5.32 Å². The topological polar surface area (TPSA) is 45.1 Å². The maximum Gasteiger partial charge on any atom is 0.0692 e. The van der Waals surface area contributed by atoms with Crippen molar-refractivity contribution >= 4 is 23.2 Å². The van der Waals surface area contributed by atoms with E-state index in [-0.39, 0.29) is 6.10 Å². The third-order valence-corrected chi connectivity index (χ3v) is 3.68. The van der Waals surface area contributed by atoms with Gasteiger partial charge < -0.3 is 10.4 Å².